The van der Waals surface area contributed by atoms with Gasteiger partial charge in [0.05, 0.1) is 17.2 Å². The lowest BCUT2D eigenvalue weighted by molar-refractivity contribution is 0.102. The number of rotatable bonds is 2. The summed E-state index contributed by atoms with van der Waals surface area (Å²) < 4.78 is 13.6. The Hall–Kier alpha value is -2.32. The zero-order valence-corrected chi connectivity index (χ0v) is 11.5. The van der Waals surface area contributed by atoms with Crippen molar-refractivity contribution < 1.29 is 9.18 Å². The van der Waals surface area contributed by atoms with Crippen LogP contribution in [0.15, 0.2) is 41.3 Å². The molecule has 0 atom stereocenters. The third-order valence-corrected chi connectivity index (χ3v) is 3.09. The van der Waals surface area contributed by atoms with E-state index in [1.807, 2.05) is 6.07 Å². The molecule has 0 spiro atoms. The van der Waals surface area contributed by atoms with Crippen molar-refractivity contribution in [3.05, 3.63) is 58.9 Å². The number of nitrogens with one attached hydrogen (secondary N) is 1. The van der Waals surface area contributed by atoms with Crippen LogP contribution in [0.5, 0.6) is 0 Å². The molecule has 0 aliphatic heterocycles. The van der Waals surface area contributed by atoms with E-state index in [9.17, 15) is 9.18 Å². The molecule has 0 saturated heterocycles. The molecule has 1 amide bonds. The number of aryl methyl sites for hydroxylation is 1. The van der Waals surface area contributed by atoms with Gasteiger partial charge in [-0.3, -0.25) is 4.79 Å². The molecule has 0 fully saturated rings. The molecule has 2 aromatic rings. The second-order valence-corrected chi connectivity index (χ2v) is 4.78. The topological polar surface area (TPSA) is 52.9 Å². The van der Waals surface area contributed by atoms with Crippen LogP contribution in [-0.2, 0) is 0 Å². The fourth-order valence-corrected chi connectivity index (χ4v) is 1.91. The quantitative estimate of drug-likeness (QED) is 0.830. The third kappa shape index (κ3) is 2.98. The molecule has 100 valence electrons. The number of thiol groups is 1. The second-order valence-electron chi connectivity index (χ2n) is 4.26. The average molecular weight is 286 g/mol. The minimum Gasteiger partial charge on any atom is -0.322 e. The number of benzene rings is 2. The molecule has 2 aromatic carbocycles. The van der Waals surface area contributed by atoms with Crippen LogP contribution < -0.4 is 5.32 Å². The SMILES string of the molecule is Cc1ccc(C#N)cc1NC(=O)c1cc(S)ccc1F. The Kier molecular flexibility index (Phi) is 4.06. The molecular formula is C15H11FN2OS. The van der Waals surface area contributed by atoms with Crippen LogP contribution >= 0.6 is 12.6 Å². The van der Waals surface area contributed by atoms with E-state index in [-0.39, 0.29) is 5.56 Å². The maximum absolute atomic E-state index is 13.6. The molecule has 0 radical (unpaired) electrons. The summed E-state index contributed by atoms with van der Waals surface area (Å²) in [5.41, 5.74) is 1.62. The highest BCUT2D eigenvalue weighted by Gasteiger charge is 2.13. The Labute approximate surface area is 121 Å². The van der Waals surface area contributed by atoms with Gasteiger partial charge in [-0.2, -0.15) is 5.26 Å². The molecule has 0 heterocycles. The number of amides is 1. The molecule has 2 rings (SSSR count). The van der Waals surface area contributed by atoms with Crippen molar-refractivity contribution in [2.45, 2.75) is 11.8 Å². The van der Waals surface area contributed by atoms with Gasteiger partial charge in [-0.15, -0.1) is 12.6 Å². The summed E-state index contributed by atoms with van der Waals surface area (Å²) in [5, 5.41) is 11.5. The number of anilines is 1. The molecule has 0 saturated carbocycles. The molecule has 20 heavy (non-hydrogen) atoms. The fourth-order valence-electron chi connectivity index (χ4n) is 1.70. The molecule has 0 aliphatic rings. The number of nitriles is 1. The van der Waals surface area contributed by atoms with Gasteiger partial charge < -0.3 is 5.32 Å². The number of hydrogen-bond donors (Lipinski definition) is 2. The number of halogens is 1. The summed E-state index contributed by atoms with van der Waals surface area (Å²) in [4.78, 5) is 12.6. The first-order valence-electron chi connectivity index (χ1n) is 5.82. The fraction of sp³-hybridized carbons (Fsp3) is 0.0667. The summed E-state index contributed by atoms with van der Waals surface area (Å²) >= 11 is 4.08. The monoisotopic (exact) mass is 286 g/mol. The number of carbonyl (C=O) groups excluding carboxylic acids is 1. The smallest absolute Gasteiger partial charge is 0.258 e. The average Bonchev–Trinajstić information content (AvgIpc) is 2.43. The van der Waals surface area contributed by atoms with E-state index in [2.05, 4.69) is 17.9 Å². The highest BCUT2D eigenvalue weighted by Crippen LogP contribution is 2.19. The Morgan fingerprint density at radius 1 is 1.30 bits per heavy atom. The lowest BCUT2D eigenvalue weighted by Gasteiger charge is -2.09. The normalized spacial score (nSPS) is 9.90. The minimum absolute atomic E-state index is 0.0840. The zero-order valence-electron chi connectivity index (χ0n) is 10.6. The Balaban J connectivity index is 2.33. The largest absolute Gasteiger partial charge is 0.322 e. The minimum atomic E-state index is -0.616. The van der Waals surface area contributed by atoms with Crippen molar-refractivity contribution in [2.75, 3.05) is 5.32 Å². The van der Waals surface area contributed by atoms with Gasteiger partial charge in [-0.1, -0.05) is 6.07 Å². The first kappa shape index (κ1) is 14.1. The van der Waals surface area contributed by atoms with Gasteiger partial charge in [0.2, 0.25) is 0 Å². The highest BCUT2D eigenvalue weighted by atomic mass is 32.1. The van der Waals surface area contributed by atoms with Gasteiger partial charge in [-0.05, 0) is 42.8 Å². The summed E-state index contributed by atoms with van der Waals surface area (Å²) in [6, 6.07) is 10.9. The van der Waals surface area contributed by atoms with Gasteiger partial charge in [0.1, 0.15) is 5.82 Å². The van der Waals surface area contributed by atoms with Gasteiger partial charge in [-0.25, -0.2) is 4.39 Å². The second kappa shape index (κ2) is 5.76. The van der Waals surface area contributed by atoms with Gasteiger partial charge >= 0.3 is 0 Å². The van der Waals surface area contributed by atoms with E-state index >= 15 is 0 Å². The summed E-state index contributed by atoms with van der Waals surface area (Å²) in [6.07, 6.45) is 0. The van der Waals surface area contributed by atoms with Crippen molar-refractivity contribution in [3.63, 3.8) is 0 Å². The highest BCUT2D eigenvalue weighted by molar-refractivity contribution is 7.80. The molecule has 0 bridgehead atoms. The van der Waals surface area contributed by atoms with Crippen molar-refractivity contribution >= 4 is 24.2 Å². The lowest BCUT2D eigenvalue weighted by atomic mass is 10.1. The predicted octanol–water partition coefficient (Wildman–Crippen LogP) is 3.55. The standard InChI is InChI=1S/C15H11FN2OS/c1-9-2-3-10(8-17)6-14(9)18-15(19)12-7-11(20)4-5-13(12)16/h2-7,20H,1H3,(H,18,19). The molecular weight excluding hydrogens is 275 g/mol. The number of carbonyl (C=O) groups is 1. The first-order valence-corrected chi connectivity index (χ1v) is 6.26. The maximum atomic E-state index is 13.6. The van der Waals surface area contributed by atoms with Gasteiger partial charge in [0.15, 0.2) is 0 Å². The van der Waals surface area contributed by atoms with Crippen molar-refractivity contribution in [3.8, 4) is 6.07 Å². The summed E-state index contributed by atoms with van der Waals surface area (Å²) in [7, 11) is 0. The molecule has 1 N–H and O–H groups in total. The van der Waals surface area contributed by atoms with Crippen LogP contribution in [0.2, 0.25) is 0 Å². The van der Waals surface area contributed by atoms with Crippen molar-refractivity contribution in [1.29, 1.82) is 5.26 Å². The van der Waals surface area contributed by atoms with Crippen LogP contribution in [0.25, 0.3) is 0 Å². The van der Waals surface area contributed by atoms with Crippen LogP contribution in [0.1, 0.15) is 21.5 Å². The molecule has 0 unspecified atom stereocenters. The van der Waals surface area contributed by atoms with Crippen LogP contribution in [0.4, 0.5) is 10.1 Å². The molecule has 0 aliphatic carbocycles. The number of nitrogens with zero attached hydrogens (tertiary/aromatic N) is 1. The van der Waals surface area contributed by atoms with E-state index in [0.29, 0.717) is 16.1 Å². The molecule has 3 nitrogen and oxygen atoms in total. The van der Waals surface area contributed by atoms with E-state index in [1.165, 1.54) is 18.2 Å². The van der Waals surface area contributed by atoms with Crippen LogP contribution in [-0.4, -0.2) is 5.91 Å². The van der Waals surface area contributed by atoms with Crippen molar-refractivity contribution in [1.82, 2.24) is 0 Å². The molecule has 0 aromatic heterocycles. The Bertz CT molecular complexity index is 722. The number of hydrogen-bond acceptors (Lipinski definition) is 3. The third-order valence-electron chi connectivity index (χ3n) is 2.81. The Morgan fingerprint density at radius 3 is 2.75 bits per heavy atom. The van der Waals surface area contributed by atoms with Gasteiger partial charge in [0.25, 0.3) is 5.91 Å². The van der Waals surface area contributed by atoms with E-state index in [0.717, 1.165) is 5.56 Å². The van der Waals surface area contributed by atoms with Gasteiger partial charge in [0, 0.05) is 10.6 Å². The summed E-state index contributed by atoms with van der Waals surface area (Å²) in [6.45, 7) is 1.79. The maximum Gasteiger partial charge on any atom is 0.258 e. The van der Waals surface area contributed by atoms with Crippen LogP contribution in [0, 0.1) is 24.1 Å². The van der Waals surface area contributed by atoms with Crippen LogP contribution in [0.3, 0.4) is 0 Å². The van der Waals surface area contributed by atoms with Crippen molar-refractivity contribution in [2.24, 2.45) is 0 Å². The lowest BCUT2D eigenvalue weighted by Crippen LogP contribution is -2.14. The Morgan fingerprint density at radius 2 is 2.05 bits per heavy atom. The first-order chi connectivity index (χ1) is 9.51. The predicted molar refractivity (Wildman–Crippen MR) is 77.5 cm³/mol. The van der Waals surface area contributed by atoms with E-state index < -0.39 is 11.7 Å². The van der Waals surface area contributed by atoms with E-state index in [1.54, 1.807) is 25.1 Å². The summed E-state index contributed by atoms with van der Waals surface area (Å²) in [5.74, 6) is -1.19. The zero-order chi connectivity index (χ0) is 14.7. The van der Waals surface area contributed by atoms with E-state index in [4.69, 9.17) is 5.26 Å². The molecule has 5 heteroatoms.